The van der Waals surface area contributed by atoms with Gasteiger partial charge in [-0.1, -0.05) is 5.16 Å². The molecule has 0 saturated heterocycles. The Bertz CT molecular complexity index is 1510. The van der Waals surface area contributed by atoms with Crippen LogP contribution < -0.4 is 26.0 Å². The Morgan fingerprint density at radius 3 is 2.54 bits per heavy atom. The maximum Gasteiger partial charge on any atom is 0.351 e. The quantitative estimate of drug-likeness (QED) is 0.409. The minimum Gasteiger partial charge on any atom is -0.497 e. The predicted octanol–water partition coefficient (Wildman–Crippen LogP) is 1.07. The van der Waals surface area contributed by atoms with E-state index in [1.807, 2.05) is 0 Å². The van der Waals surface area contributed by atoms with Gasteiger partial charge in [0.1, 0.15) is 17.3 Å². The van der Waals surface area contributed by atoms with Crippen LogP contribution in [-0.2, 0) is 13.6 Å². The van der Waals surface area contributed by atoms with Crippen molar-refractivity contribution in [2.24, 2.45) is 7.05 Å². The molecule has 0 spiro atoms. The lowest BCUT2D eigenvalue weighted by molar-refractivity contribution is 0.0906. The summed E-state index contributed by atoms with van der Waals surface area (Å²) < 4.78 is 30.4. The molecular weight excluding hydrogens is 463 g/mol. The van der Waals surface area contributed by atoms with Gasteiger partial charge < -0.3 is 19.3 Å². The molecule has 0 radical (unpaired) electrons. The number of aromatic nitrogens is 5. The molecule has 0 aliphatic heterocycles. The summed E-state index contributed by atoms with van der Waals surface area (Å²) in [4.78, 5) is 41.6. The Kier molecular flexibility index (Phi) is 6.40. The van der Waals surface area contributed by atoms with Crippen molar-refractivity contribution in [3.05, 3.63) is 80.6 Å². The first-order chi connectivity index (χ1) is 16.8. The Labute approximate surface area is 196 Å². The molecule has 0 fully saturated rings. The van der Waals surface area contributed by atoms with Crippen LogP contribution in [0, 0.1) is 5.82 Å². The summed E-state index contributed by atoms with van der Waals surface area (Å²) in [6.45, 7) is 0.0825. The number of methoxy groups -OCH3 is 2. The van der Waals surface area contributed by atoms with Crippen LogP contribution in [-0.4, -0.2) is 44.6 Å². The number of nitrogens with one attached hydrogen (secondary N) is 1. The first-order valence-electron chi connectivity index (χ1n) is 10.1. The minimum absolute atomic E-state index is 0.0825. The normalized spacial score (nSPS) is 10.7. The van der Waals surface area contributed by atoms with Gasteiger partial charge in [0.25, 0.3) is 5.56 Å². The fourth-order valence-electron chi connectivity index (χ4n) is 3.13. The molecule has 0 saturated carbocycles. The number of benzene rings is 2. The number of carbonyl (C=O) groups excluding carboxylic acids is 1. The van der Waals surface area contributed by atoms with Crippen molar-refractivity contribution in [2.45, 2.75) is 6.54 Å². The highest BCUT2D eigenvalue weighted by Gasteiger charge is 2.22. The van der Waals surface area contributed by atoms with Crippen LogP contribution in [0.5, 0.6) is 11.5 Å². The molecule has 1 N–H and O–H groups in total. The summed E-state index contributed by atoms with van der Waals surface area (Å²) in [5.41, 5.74) is -1.02. The number of hydrogen-bond donors (Lipinski definition) is 1. The Morgan fingerprint density at radius 2 is 1.86 bits per heavy atom. The van der Waals surface area contributed by atoms with Crippen LogP contribution >= 0.6 is 0 Å². The Hall–Kier alpha value is -4.81. The van der Waals surface area contributed by atoms with Crippen LogP contribution in [0.15, 0.2) is 56.6 Å². The molecule has 35 heavy (non-hydrogen) atoms. The average Bonchev–Trinajstić information content (AvgIpc) is 3.37. The van der Waals surface area contributed by atoms with E-state index in [-0.39, 0.29) is 23.8 Å². The molecule has 0 aliphatic carbocycles. The van der Waals surface area contributed by atoms with Gasteiger partial charge in [-0.2, -0.15) is 14.8 Å². The van der Waals surface area contributed by atoms with Gasteiger partial charge in [0.2, 0.25) is 5.82 Å². The van der Waals surface area contributed by atoms with Gasteiger partial charge in [0.15, 0.2) is 5.69 Å². The third kappa shape index (κ3) is 4.64. The Morgan fingerprint density at radius 1 is 1.11 bits per heavy atom. The molecule has 4 aromatic rings. The second-order valence-corrected chi connectivity index (χ2v) is 7.17. The molecule has 2 heterocycles. The van der Waals surface area contributed by atoms with Gasteiger partial charge in [-0.25, -0.2) is 9.18 Å². The van der Waals surface area contributed by atoms with Gasteiger partial charge in [-0.05, 0) is 36.4 Å². The highest BCUT2D eigenvalue weighted by atomic mass is 19.1. The van der Waals surface area contributed by atoms with Crippen molar-refractivity contribution in [1.82, 2.24) is 29.8 Å². The number of halogens is 1. The first-order valence-corrected chi connectivity index (χ1v) is 10.1. The van der Waals surface area contributed by atoms with Gasteiger partial charge >= 0.3 is 17.5 Å². The number of hydrogen-bond acceptors (Lipinski definition) is 9. The highest BCUT2D eigenvalue weighted by molar-refractivity contribution is 5.89. The predicted molar refractivity (Wildman–Crippen MR) is 119 cm³/mol. The second kappa shape index (κ2) is 9.59. The lowest BCUT2D eigenvalue weighted by Gasteiger charge is -2.10. The second-order valence-electron chi connectivity index (χ2n) is 7.17. The monoisotopic (exact) mass is 482 g/mol. The number of rotatable bonds is 7. The van der Waals surface area contributed by atoms with Gasteiger partial charge in [-0.15, -0.1) is 0 Å². The van der Waals surface area contributed by atoms with E-state index in [9.17, 15) is 18.8 Å². The maximum absolute atomic E-state index is 13.3. The van der Waals surface area contributed by atoms with E-state index in [2.05, 4.69) is 20.6 Å². The van der Waals surface area contributed by atoms with Crippen molar-refractivity contribution in [1.29, 1.82) is 0 Å². The number of nitrogens with zero attached hydrogens (tertiary/aromatic N) is 5. The zero-order valence-electron chi connectivity index (χ0n) is 18.8. The Balaban J connectivity index is 1.60. The zero-order valence-corrected chi connectivity index (χ0v) is 18.8. The minimum atomic E-state index is -0.802. The topological polar surface area (TPSA) is 143 Å². The molecule has 0 atom stereocenters. The smallest absolute Gasteiger partial charge is 0.351 e. The lowest BCUT2D eigenvalue weighted by Crippen LogP contribution is -2.40. The molecule has 13 heteroatoms. The summed E-state index contributed by atoms with van der Waals surface area (Å²) in [5.74, 6) is -0.830. The van der Waals surface area contributed by atoms with Crippen molar-refractivity contribution >= 4 is 5.91 Å². The van der Waals surface area contributed by atoms with Crippen LogP contribution in [0.3, 0.4) is 0 Å². The SMILES string of the molecule is COc1ccc(CNC(=O)c2nc(-c3nn(-c4ccc(F)cc4)c(=O)n(C)c3=O)no2)c(OC)c1. The maximum atomic E-state index is 13.3. The first kappa shape index (κ1) is 23.4. The summed E-state index contributed by atoms with van der Waals surface area (Å²) in [6, 6.07) is 10.0. The van der Waals surface area contributed by atoms with Crippen LogP contribution in [0.1, 0.15) is 16.2 Å². The standard InChI is InChI=1S/C22H19FN6O6/c1-28-21(31)17(26-29(22(28)32)14-7-5-13(23)6-8-14)18-25-20(35-27-18)19(30)24-11-12-4-9-15(33-2)10-16(12)34-3/h4-10H,11H2,1-3H3,(H,24,30). The molecule has 4 rings (SSSR count). The van der Waals surface area contributed by atoms with E-state index in [0.29, 0.717) is 17.1 Å². The number of ether oxygens (including phenoxy) is 2. The third-order valence-electron chi connectivity index (χ3n) is 5.01. The molecular formula is C22H19FN6O6. The van der Waals surface area contributed by atoms with Gasteiger partial charge in [-0.3, -0.25) is 14.2 Å². The molecule has 12 nitrogen and oxygen atoms in total. The summed E-state index contributed by atoms with van der Waals surface area (Å²) in [6.07, 6.45) is 0. The van der Waals surface area contributed by atoms with Crippen LogP contribution in [0.25, 0.3) is 17.2 Å². The van der Waals surface area contributed by atoms with Crippen molar-refractivity contribution < 1.29 is 23.2 Å². The van der Waals surface area contributed by atoms with Crippen LogP contribution in [0.2, 0.25) is 0 Å². The summed E-state index contributed by atoms with van der Waals surface area (Å²) >= 11 is 0. The number of carbonyl (C=O) groups is 1. The third-order valence-corrected chi connectivity index (χ3v) is 5.01. The van der Waals surface area contributed by atoms with E-state index in [1.165, 1.54) is 33.4 Å². The molecule has 0 bridgehead atoms. The van der Waals surface area contributed by atoms with Crippen molar-refractivity contribution in [3.63, 3.8) is 0 Å². The number of amides is 1. The fourth-order valence-corrected chi connectivity index (χ4v) is 3.13. The van der Waals surface area contributed by atoms with E-state index >= 15 is 0 Å². The molecule has 0 unspecified atom stereocenters. The van der Waals surface area contributed by atoms with Crippen molar-refractivity contribution in [3.8, 4) is 28.7 Å². The zero-order chi connectivity index (χ0) is 25.1. The van der Waals surface area contributed by atoms with Gasteiger partial charge in [0, 0.05) is 25.2 Å². The molecule has 180 valence electrons. The summed E-state index contributed by atoms with van der Waals surface area (Å²) in [7, 11) is 4.26. The van der Waals surface area contributed by atoms with Crippen molar-refractivity contribution in [2.75, 3.05) is 14.2 Å². The van der Waals surface area contributed by atoms with E-state index < -0.39 is 28.9 Å². The van der Waals surface area contributed by atoms with E-state index in [4.69, 9.17) is 14.0 Å². The molecule has 2 aromatic heterocycles. The molecule has 2 aromatic carbocycles. The largest absolute Gasteiger partial charge is 0.497 e. The highest BCUT2D eigenvalue weighted by Crippen LogP contribution is 2.24. The molecule has 1 amide bonds. The van der Waals surface area contributed by atoms with Gasteiger partial charge in [0.05, 0.1) is 19.9 Å². The van der Waals surface area contributed by atoms with Crippen LogP contribution in [0.4, 0.5) is 4.39 Å². The van der Waals surface area contributed by atoms with E-state index in [0.717, 1.165) is 21.4 Å². The summed E-state index contributed by atoms with van der Waals surface area (Å²) in [5, 5.41) is 10.3. The fraction of sp³-hybridized carbons (Fsp3) is 0.182. The lowest BCUT2D eigenvalue weighted by atomic mass is 10.2. The van der Waals surface area contributed by atoms with E-state index in [1.54, 1.807) is 18.2 Å². The average molecular weight is 482 g/mol. The molecule has 0 aliphatic rings.